The van der Waals surface area contributed by atoms with Gasteiger partial charge in [-0.1, -0.05) is 57.9 Å². The third-order valence-electron chi connectivity index (χ3n) is 6.66. The maximum atomic E-state index is 13.9. The Morgan fingerprint density at radius 2 is 1.81 bits per heavy atom. The molecule has 4 rings (SSSR count). The van der Waals surface area contributed by atoms with E-state index < -0.39 is 17.9 Å². The molecule has 2 atom stereocenters. The fourth-order valence-electron chi connectivity index (χ4n) is 4.75. The molecule has 0 radical (unpaired) electrons. The lowest BCUT2D eigenvalue weighted by atomic mass is 9.89. The Bertz CT molecular complexity index is 1180. The molecular formula is C29H37N3O4. The van der Waals surface area contributed by atoms with Crippen molar-refractivity contribution >= 4 is 28.9 Å². The maximum Gasteiger partial charge on any atom is 0.321 e. The summed E-state index contributed by atoms with van der Waals surface area (Å²) in [6.07, 6.45) is 3.85. The number of ether oxygens (including phenoxy) is 2. The number of anilines is 1. The number of unbranched alkanes of at least 4 members (excludes halogenated alkanes) is 2. The SMILES string of the molecule is CCCCCN1C(=O)[C@@H](C(=O)OCC)[C@H](c2ccc(OCCC(C)C)cc2)n2c1nc1ccccc12. The number of fused-ring (bicyclic) bond motifs is 3. The Labute approximate surface area is 213 Å². The van der Waals surface area contributed by atoms with E-state index in [2.05, 4.69) is 20.8 Å². The van der Waals surface area contributed by atoms with Crippen LogP contribution < -0.4 is 9.64 Å². The summed E-state index contributed by atoms with van der Waals surface area (Å²) in [6, 6.07) is 15.0. The number of esters is 1. The standard InChI is InChI=1S/C29H37N3O4/c1-5-7-10-18-31-27(33)25(28(34)35-6-2)26(32-24-12-9-8-11-23(24)30-29(31)32)21-13-15-22(16-14-21)36-19-17-20(3)4/h8-9,11-16,20,25-26H,5-7,10,17-19H2,1-4H3/t25-,26-/m0/s1. The predicted molar refractivity (Wildman–Crippen MR) is 141 cm³/mol. The molecule has 0 saturated heterocycles. The molecule has 0 saturated carbocycles. The van der Waals surface area contributed by atoms with E-state index in [1.54, 1.807) is 11.8 Å². The van der Waals surface area contributed by atoms with Crippen molar-refractivity contribution in [2.75, 3.05) is 24.7 Å². The van der Waals surface area contributed by atoms with Crippen molar-refractivity contribution in [1.29, 1.82) is 0 Å². The average molecular weight is 492 g/mol. The van der Waals surface area contributed by atoms with Crippen molar-refractivity contribution in [2.24, 2.45) is 11.8 Å². The van der Waals surface area contributed by atoms with Gasteiger partial charge >= 0.3 is 5.97 Å². The molecule has 3 aromatic rings. The second-order valence-electron chi connectivity index (χ2n) is 9.74. The van der Waals surface area contributed by atoms with Crippen LogP contribution in [0.5, 0.6) is 5.75 Å². The van der Waals surface area contributed by atoms with Crippen LogP contribution in [-0.2, 0) is 14.3 Å². The van der Waals surface area contributed by atoms with Gasteiger partial charge in [-0.15, -0.1) is 0 Å². The molecular weight excluding hydrogens is 454 g/mol. The van der Waals surface area contributed by atoms with E-state index in [1.807, 2.05) is 53.1 Å². The molecule has 0 bridgehead atoms. The maximum absolute atomic E-state index is 13.9. The van der Waals surface area contributed by atoms with Gasteiger partial charge in [-0.3, -0.25) is 14.5 Å². The van der Waals surface area contributed by atoms with Gasteiger partial charge in [0.05, 0.1) is 30.3 Å². The van der Waals surface area contributed by atoms with E-state index >= 15 is 0 Å². The summed E-state index contributed by atoms with van der Waals surface area (Å²) in [6.45, 7) is 9.60. The molecule has 1 amide bonds. The van der Waals surface area contributed by atoms with Gasteiger partial charge in [0.15, 0.2) is 5.92 Å². The van der Waals surface area contributed by atoms with Crippen LogP contribution in [0.25, 0.3) is 11.0 Å². The number of amides is 1. The largest absolute Gasteiger partial charge is 0.494 e. The molecule has 0 fully saturated rings. The van der Waals surface area contributed by atoms with Gasteiger partial charge < -0.3 is 14.0 Å². The molecule has 0 unspecified atom stereocenters. The molecule has 1 aliphatic rings. The van der Waals surface area contributed by atoms with Gasteiger partial charge in [-0.2, -0.15) is 0 Å². The highest BCUT2D eigenvalue weighted by atomic mass is 16.5. The second-order valence-corrected chi connectivity index (χ2v) is 9.74. The molecule has 0 aliphatic carbocycles. The van der Waals surface area contributed by atoms with Crippen LogP contribution >= 0.6 is 0 Å². The fourth-order valence-corrected chi connectivity index (χ4v) is 4.75. The second kappa shape index (κ2) is 11.6. The number of rotatable bonds is 11. The van der Waals surface area contributed by atoms with Gasteiger partial charge in [0, 0.05) is 6.54 Å². The number of nitrogens with zero attached hydrogens (tertiary/aromatic N) is 3. The first-order chi connectivity index (χ1) is 17.5. The summed E-state index contributed by atoms with van der Waals surface area (Å²) in [7, 11) is 0. The van der Waals surface area contributed by atoms with E-state index in [0.717, 1.165) is 48.0 Å². The minimum atomic E-state index is -0.996. The topological polar surface area (TPSA) is 73.7 Å². The van der Waals surface area contributed by atoms with Crippen molar-refractivity contribution in [3.63, 3.8) is 0 Å². The van der Waals surface area contributed by atoms with Gasteiger partial charge in [-0.05, 0) is 55.5 Å². The summed E-state index contributed by atoms with van der Waals surface area (Å²) in [5.41, 5.74) is 2.52. The number of carbonyl (C=O) groups is 2. The Hall–Kier alpha value is -3.35. The fraction of sp³-hybridized carbons (Fsp3) is 0.483. The Balaban J connectivity index is 1.79. The van der Waals surface area contributed by atoms with Gasteiger partial charge in [0.1, 0.15) is 5.75 Å². The third kappa shape index (κ3) is 5.25. The Kier molecular flexibility index (Phi) is 8.28. The lowest BCUT2D eigenvalue weighted by molar-refractivity contribution is -0.153. The number of carbonyl (C=O) groups excluding carboxylic acids is 2. The summed E-state index contributed by atoms with van der Waals surface area (Å²) in [4.78, 5) is 33.7. The lowest BCUT2D eigenvalue weighted by Gasteiger charge is -2.38. The lowest BCUT2D eigenvalue weighted by Crippen LogP contribution is -2.50. The average Bonchev–Trinajstić information content (AvgIpc) is 3.24. The van der Waals surface area contributed by atoms with E-state index in [0.29, 0.717) is 25.0 Å². The van der Waals surface area contributed by atoms with Crippen molar-refractivity contribution in [3.05, 3.63) is 54.1 Å². The molecule has 1 aliphatic heterocycles. The zero-order valence-corrected chi connectivity index (χ0v) is 21.8. The molecule has 2 heterocycles. The molecule has 0 N–H and O–H groups in total. The van der Waals surface area contributed by atoms with Crippen LogP contribution in [0.15, 0.2) is 48.5 Å². The quantitative estimate of drug-likeness (QED) is 0.193. The number of benzene rings is 2. The van der Waals surface area contributed by atoms with Crippen molar-refractivity contribution in [2.45, 2.75) is 59.4 Å². The summed E-state index contributed by atoms with van der Waals surface area (Å²) >= 11 is 0. The van der Waals surface area contributed by atoms with E-state index in [1.165, 1.54) is 0 Å². The Morgan fingerprint density at radius 3 is 2.50 bits per heavy atom. The molecule has 7 nitrogen and oxygen atoms in total. The number of aromatic nitrogens is 2. The molecule has 1 aromatic heterocycles. The van der Waals surface area contributed by atoms with Crippen molar-refractivity contribution < 1.29 is 19.1 Å². The van der Waals surface area contributed by atoms with Crippen LogP contribution in [0.3, 0.4) is 0 Å². The van der Waals surface area contributed by atoms with Gasteiger partial charge in [-0.25, -0.2) is 4.98 Å². The zero-order chi connectivity index (χ0) is 25.7. The highest BCUT2D eigenvalue weighted by Gasteiger charge is 2.47. The summed E-state index contributed by atoms with van der Waals surface area (Å²) in [5, 5.41) is 0. The smallest absolute Gasteiger partial charge is 0.321 e. The van der Waals surface area contributed by atoms with E-state index in [-0.39, 0.29) is 12.5 Å². The van der Waals surface area contributed by atoms with E-state index in [4.69, 9.17) is 14.5 Å². The van der Waals surface area contributed by atoms with Crippen LogP contribution in [0.4, 0.5) is 5.95 Å². The minimum absolute atomic E-state index is 0.214. The third-order valence-corrected chi connectivity index (χ3v) is 6.66. The van der Waals surface area contributed by atoms with Crippen molar-refractivity contribution in [1.82, 2.24) is 9.55 Å². The highest BCUT2D eigenvalue weighted by molar-refractivity contribution is 6.08. The number of para-hydroxylation sites is 2. The molecule has 2 aromatic carbocycles. The van der Waals surface area contributed by atoms with Gasteiger partial charge in [0.25, 0.3) is 0 Å². The first-order valence-electron chi connectivity index (χ1n) is 13.1. The molecule has 0 spiro atoms. The number of imidazole rings is 1. The van der Waals surface area contributed by atoms with Crippen LogP contribution in [0, 0.1) is 11.8 Å². The predicted octanol–water partition coefficient (Wildman–Crippen LogP) is 5.77. The first-order valence-corrected chi connectivity index (χ1v) is 13.1. The zero-order valence-electron chi connectivity index (χ0n) is 21.8. The van der Waals surface area contributed by atoms with Gasteiger partial charge in [0.2, 0.25) is 11.9 Å². The summed E-state index contributed by atoms with van der Waals surface area (Å²) in [5.74, 6) is 0.162. The van der Waals surface area contributed by atoms with Crippen LogP contribution in [0.2, 0.25) is 0 Å². The van der Waals surface area contributed by atoms with E-state index in [9.17, 15) is 9.59 Å². The Morgan fingerprint density at radius 1 is 1.06 bits per heavy atom. The van der Waals surface area contributed by atoms with Crippen LogP contribution in [0.1, 0.15) is 65.0 Å². The monoisotopic (exact) mass is 491 g/mol. The van der Waals surface area contributed by atoms with Crippen LogP contribution in [-0.4, -0.2) is 41.2 Å². The molecule has 7 heteroatoms. The number of hydrogen-bond acceptors (Lipinski definition) is 5. The molecule has 192 valence electrons. The normalized spacial score (nSPS) is 17.5. The minimum Gasteiger partial charge on any atom is -0.494 e. The molecule has 36 heavy (non-hydrogen) atoms. The highest BCUT2D eigenvalue weighted by Crippen LogP contribution is 2.41. The number of hydrogen-bond donors (Lipinski definition) is 0. The summed E-state index contributed by atoms with van der Waals surface area (Å²) < 4.78 is 13.4. The first kappa shape index (κ1) is 25.7. The van der Waals surface area contributed by atoms with Crippen molar-refractivity contribution in [3.8, 4) is 5.75 Å².